The minimum absolute atomic E-state index is 0.00454. The molecule has 148 valence electrons. The van der Waals surface area contributed by atoms with E-state index in [-0.39, 0.29) is 41.3 Å². The fourth-order valence-corrected chi connectivity index (χ4v) is 3.52. The second-order valence-electron chi connectivity index (χ2n) is 6.81. The van der Waals surface area contributed by atoms with E-state index in [9.17, 15) is 14.4 Å². The van der Waals surface area contributed by atoms with Crippen molar-refractivity contribution in [1.82, 2.24) is 24.6 Å². The van der Waals surface area contributed by atoms with E-state index in [1.807, 2.05) is 27.7 Å². The van der Waals surface area contributed by atoms with E-state index in [1.165, 1.54) is 7.05 Å². The number of hydrogen-bond donors (Lipinski definition) is 1. The number of nitrogens with zero attached hydrogens (tertiary/aromatic N) is 4. The first-order valence-electron chi connectivity index (χ1n) is 8.67. The molecule has 0 aliphatic heterocycles. The summed E-state index contributed by atoms with van der Waals surface area (Å²) in [6.45, 7) is 9.54. The fraction of sp³-hybridized carbons (Fsp3) is 0.588. The summed E-state index contributed by atoms with van der Waals surface area (Å²) in [5.41, 5.74) is -0.0147. The molecule has 0 unspecified atom stereocenters. The molecular weight excluding hydrogens is 370 g/mol. The molecule has 0 radical (unpaired) electrons. The zero-order valence-corrected chi connectivity index (χ0v) is 17.2. The highest BCUT2D eigenvalue weighted by Crippen LogP contribution is 2.19. The number of thioether (sulfide) groups is 1. The SMILES string of the molecule is Cc1[nH]c(=O)n(C)c(=O)c1Cc1nnc(SCC(=O)N(C(C)C)C(C)C)o1. The van der Waals surface area contributed by atoms with Crippen LogP contribution in [-0.2, 0) is 18.3 Å². The van der Waals surface area contributed by atoms with Gasteiger partial charge in [-0.3, -0.25) is 14.2 Å². The highest BCUT2D eigenvalue weighted by atomic mass is 32.2. The van der Waals surface area contributed by atoms with Crippen LogP contribution in [0.5, 0.6) is 0 Å². The van der Waals surface area contributed by atoms with E-state index in [4.69, 9.17) is 4.42 Å². The highest BCUT2D eigenvalue weighted by molar-refractivity contribution is 7.99. The fourth-order valence-electron chi connectivity index (χ4n) is 2.87. The van der Waals surface area contributed by atoms with Crippen LogP contribution < -0.4 is 11.2 Å². The monoisotopic (exact) mass is 395 g/mol. The van der Waals surface area contributed by atoms with E-state index >= 15 is 0 Å². The van der Waals surface area contributed by atoms with Crippen LogP contribution in [0.1, 0.15) is 44.8 Å². The van der Waals surface area contributed by atoms with Crippen LogP contribution in [0.15, 0.2) is 19.2 Å². The Hall–Kier alpha value is -2.36. The van der Waals surface area contributed by atoms with Crippen LogP contribution >= 0.6 is 11.8 Å². The van der Waals surface area contributed by atoms with Gasteiger partial charge >= 0.3 is 5.69 Å². The van der Waals surface area contributed by atoms with Crippen LogP contribution in [-0.4, -0.2) is 48.4 Å². The number of carbonyl (C=O) groups is 1. The lowest BCUT2D eigenvalue weighted by Crippen LogP contribution is -2.43. The average molecular weight is 395 g/mol. The first-order valence-corrected chi connectivity index (χ1v) is 9.65. The summed E-state index contributed by atoms with van der Waals surface area (Å²) in [5, 5.41) is 8.13. The topological polar surface area (TPSA) is 114 Å². The van der Waals surface area contributed by atoms with Crippen LogP contribution in [0.25, 0.3) is 0 Å². The van der Waals surface area contributed by atoms with Gasteiger partial charge in [0.25, 0.3) is 10.8 Å². The van der Waals surface area contributed by atoms with Gasteiger partial charge in [-0.05, 0) is 34.6 Å². The molecule has 0 atom stereocenters. The van der Waals surface area contributed by atoms with Gasteiger partial charge < -0.3 is 14.3 Å². The first kappa shape index (κ1) is 20.9. The second kappa shape index (κ2) is 8.55. The summed E-state index contributed by atoms with van der Waals surface area (Å²) < 4.78 is 6.55. The van der Waals surface area contributed by atoms with Crippen molar-refractivity contribution in [2.75, 3.05) is 5.75 Å². The van der Waals surface area contributed by atoms with E-state index in [1.54, 1.807) is 11.8 Å². The predicted molar refractivity (Wildman–Crippen MR) is 102 cm³/mol. The number of carbonyl (C=O) groups excluding carboxylic acids is 1. The van der Waals surface area contributed by atoms with Gasteiger partial charge in [-0.2, -0.15) is 0 Å². The van der Waals surface area contributed by atoms with E-state index in [2.05, 4.69) is 15.2 Å². The third-order valence-corrected chi connectivity index (χ3v) is 4.91. The number of aromatic amines is 1. The standard InChI is InChI=1S/C17H25N5O4S/c1-9(2)22(10(3)4)14(23)8-27-17-20-19-13(26-17)7-12-11(5)18-16(25)21(6)15(12)24/h9-10H,7-8H2,1-6H3,(H,18,25). The molecule has 0 spiro atoms. The maximum atomic E-state index is 12.4. The number of aryl methyl sites for hydroxylation is 1. The van der Waals surface area contributed by atoms with Gasteiger partial charge in [0.2, 0.25) is 11.8 Å². The summed E-state index contributed by atoms with van der Waals surface area (Å²) in [4.78, 5) is 40.6. The van der Waals surface area contributed by atoms with Gasteiger partial charge in [0.15, 0.2) is 0 Å². The number of aromatic nitrogens is 4. The van der Waals surface area contributed by atoms with Crippen molar-refractivity contribution in [1.29, 1.82) is 0 Å². The summed E-state index contributed by atoms with van der Waals surface area (Å²) in [6.07, 6.45) is 0.112. The zero-order valence-electron chi connectivity index (χ0n) is 16.4. The van der Waals surface area contributed by atoms with Gasteiger partial charge in [-0.15, -0.1) is 10.2 Å². The summed E-state index contributed by atoms with van der Waals surface area (Å²) in [6, 6.07) is 0.214. The lowest BCUT2D eigenvalue weighted by Gasteiger charge is -2.30. The highest BCUT2D eigenvalue weighted by Gasteiger charge is 2.21. The van der Waals surface area contributed by atoms with Crippen molar-refractivity contribution < 1.29 is 9.21 Å². The van der Waals surface area contributed by atoms with Gasteiger partial charge in [0, 0.05) is 30.4 Å². The summed E-state index contributed by atoms with van der Waals surface area (Å²) in [7, 11) is 1.40. The Morgan fingerprint density at radius 3 is 2.44 bits per heavy atom. The van der Waals surface area contributed by atoms with Gasteiger partial charge in [-0.1, -0.05) is 11.8 Å². The Kier molecular flexibility index (Phi) is 6.63. The molecule has 9 nitrogen and oxygen atoms in total. The molecule has 10 heteroatoms. The smallest absolute Gasteiger partial charge is 0.328 e. The maximum Gasteiger partial charge on any atom is 0.328 e. The second-order valence-corrected chi connectivity index (χ2v) is 7.74. The van der Waals surface area contributed by atoms with E-state index in [0.717, 1.165) is 16.3 Å². The molecule has 0 saturated carbocycles. The lowest BCUT2D eigenvalue weighted by atomic mass is 10.2. The predicted octanol–water partition coefficient (Wildman–Crippen LogP) is 1.09. The van der Waals surface area contributed by atoms with Crippen molar-refractivity contribution in [3.63, 3.8) is 0 Å². The number of rotatable bonds is 7. The van der Waals surface area contributed by atoms with Gasteiger partial charge in [0.1, 0.15) is 0 Å². The van der Waals surface area contributed by atoms with Crippen molar-refractivity contribution >= 4 is 17.7 Å². The molecule has 0 aliphatic carbocycles. The molecule has 1 amide bonds. The molecule has 27 heavy (non-hydrogen) atoms. The number of amides is 1. The molecule has 0 saturated heterocycles. The molecule has 2 aromatic heterocycles. The normalized spacial score (nSPS) is 11.4. The summed E-state index contributed by atoms with van der Waals surface area (Å²) in [5.74, 6) is 0.439. The molecule has 2 heterocycles. The Balaban J connectivity index is 2.08. The minimum Gasteiger partial charge on any atom is -0.416 e. The van der Waals surface area contributed by atoms with Crippen LogP contribution in [0, 0.1) is 6.92 Å². The molecule has 0 aliphatic rings. The largest absolute Gasteiger partial charge is 0.416 e. The zero-order chi connectivity index (χ0) is 20.3. The number of H-pyrrole nitrogens is 1. The maximum absolute atomic E-state index is 12.4. The molecular formula is C17H25N5O4S. The van der Waals surface area contributed by atoms with E-state index in [0.29, 0.717) is 11.3 Å². The molecule has 0 fully saturated rings. The quantitative estimate of drug-likeness (QED) is 0.698. The Labute approximate surface area is 161 Å². The lowest BCUT2D eigenvalue weighted by molar-refractivity contribution is -0.131. The first-order chi connectivity index (χ1) is 12.6. The third-order valence-electron chi connectivity index (χ3n) is 4.11. The third kappa shape index (κ3) is 4.88. The Morgan fingerprint density at radius 1 is 1.22 bits per heavy atom. The number of nitrogens with one attached hydrogen (secondary N) is 1. The molecule has 2 aromatic rings. The van der Waals surface area contributed by atoms with Gasteiger partial charge in [-0.25, -0.2) is 4.79 Å². The van der Waals surface area contributed by atoms with Crippen molar-refractivity contribution in [2.45, 2.75) is 58.3 Å². The molecule has 0 bridgehead atoms. The van der Waals surface area contributed by atoms with Gasteiger partial charge in [0.05, 0.1) is 12.2 Å². The summed E-state index contributed by atoms with van der Waals surface area (Å²) >= 11 is 1.16. The minimum atomic E-state index is -0.471. The molecule has 1 N–H and O–H groups in total. The van der Waals surface area contributed by atoms with Crippen LogP contribution in [0.2, 0.25) is 0 Å². The molecule has 2 rings (SSSR count). The van der Waals surface area contributed by atoms with Crippen LogP contribution in [0.3, 0.4) is 0 Å². The number of hydrogen-bond acceptors (Lipinski definition) is 7. The van der Waals surface area contributed by atoms with E-state index < -0.39 is 11.2 Å². The Bertz CT molecular complexity index is 920. The van der Waals surface area contributed by atoms with Crippen LogP contribution in [0.4, 0.5) is 0 Å². The Morgan fingerprint density at radius 2 is 1.85 bits per heavy atom. The molecule has 0 aromatic carbocycles. The van der Waals surface area contributed by atoms with Crippen molar-refractivity contribution in [2.24, 2.45) is 7.05 Å². The van der Waals surface area contributed by atoms with Crippen molar-refractivity contribution in [3.05, 3.63) is 38.0 Å². The average Bonchev–Trinajstić information content (AvgIpc) is 3.02. The van der Waals surface area contributed by atoms with Crippen molar-refractivity contribution in [3.8, 4) is 0 Å².